The zero-order chi connectivity index (χ0) is 11.7. The minimum Gasteiger partial charge on any atom is -0.311 e. The molecule has 88 valence electrons. The summed E-state index contributed by atoms with van der Waals surface area (Å²) < 4.78 is 0. The fourth-order valence-electron chi connectivity index (χ4n) is 1.65. The number of aromatic amines is 1. The summed E-state index contributed by atoms with van der Waals surface area (Å²) in [7, 11) is 0. The highest BCUT2D eigenvalue weighted by Gasteiger charge is 2.17. The van der Waals surface area contributed by atoms with Gasteiger partial charge in [0, 0.05) is 24.4 Å². The average Bonchev–Trinajstić information content (AvgIpc) is 2.97. The standard InChI is InChI=1S/C9H10N6OS/c16-8(6-3-11-15-14-6)13-9-12-5-1-2-10-4-7(5)17-9/h3,10H,1-2,4H2,(H,11,14,15)(H,12,13,16). The Balaban J connectivity index is 1.77. The molecule has 0 spiro atoms. The van der Waals surface area contributed by atoms with E-state index >= 15 is 0 Å². The Labute approximate surface area is 101 Å². The van der Waals surface area contributed by atoms with Crippen molar-refractivity contribution in [2.75, 3.05) is 11.9 Å². The van der Waals surface area contributed by atoms with E-state index in [1.807, 2.05) is 0 Å². The van der Waals surface area contributed by atoms with Gasteiger partial charge in [0.25, 0.3) is 5.91 Å². The van der Waals surface area contributed by atoms with Crippen LogP contribution in [0.1, 0.15) is 21.1 Å². The van der Waals surface area contributed by atoms with Crippen LogP contribution in [-0.2, 0) is 13.0 Å². The molecule has 0 saturated heterocycles. The maximum absolute atomic E-state index is 11.7. The van der Waals surface area contributed by atoms with Crippen molar-refractivity contribution in [3.8, 4) is 0 Å². The van der Waals surface area contributed by atoms with Gasteiger partial charge in [0.2, 0.25) is 0 Å². The molecular formula is C9H10N6OS. The Bertz CT molecular complexity index is 510. The third kappa shape index (κ3) is 2.04. The van der Waals surface area contributed by atoms with Crippen LogP contribution in [-0.4, -0.2) is 32.8 Å². The number of fused-ring (bicyclic) bond motifs is 1. The smallest absolute Gasteiger partial charge is 0.279 e. The van der Waals surface area contributed by atoms with Crippen molar-refractivity contribution < 1.29 is 4.79 Å². The van der Waals surface area contributed by atoms with Gasteiger partial charge >= 0.3 is 0 Å². The average molecular weight is 250 g/mol. The van der Waals surface area contributed by atoms with Gasteiger partial charge in [-0.2, -0.15) is 15.4 Å². The molecule has 3 N–H and O–H groups in total. The Morgan fingerprint density at radius 3 is 3.24 bits per heavy atom. The molecule has 7 nitrogen and oxygen atoms in total. The summed E-state index contributed by atoms with van der Waals surface area (Å²) in [6, 6.07) is 0. The molecule has 8 heteroatoms. The van der Waals surface area contributed by atoms with Gasteiger partial charge in [-0.15, -0.1) is 11.3 Å². The van der Waals surface area contributed by atoms with Gasteiger partial charge in [0.15, 0.2) is 10.8 Å². The minimum absolute atomic E-state index is 0.260. The molecule has 0 aliphatic carbocycles. The molecule has 0 saturated carbocycles. The first kappa shape index (κ1) is 10.4. The van der Waals surface area contributed by atoms with E-state index in [-0.39, 0.29) is 11.6 Å². The number of anilines is 1. The third-order valence-corrected chi connectivity index (χ3v) is 3.48. The minimum atomic E-state index is -0.294. The van der Waals surface area contributed by atoms with Crippen molar-refractivity contribution in [2.24, 2.45) is 0 Å². The van der Waals surface area contributed by atoms with Crippen LogP contribution >= 0.6 is 11.3 Å². The number of nitrogens with zero attached hydrogens (tertiary/aromatic N) is 3. The highest BCUT2D eigenvalue weighted by atomic mass is 32.1. The molecule has 17 heavy (non-hydrogen) atoms. The first-order chi connectivity index (χ1) is 8.33. The van der Waals surface area contributed by atoms with Crippen LogP contribution in [0.15, 0.2) is 6.20 Å². The van der Waals surface area contributed by atoms with Gasteiger partial charge in [0.1, 0.15) is 0 Å². The zero-order valence-electron chi connectivity index (χ0n) is 8.86. The summed E-state index contributed by atoms with van der Waals surface area (Å²) in [4.78, 5) is 17.3. The Morgan fingerprint density at radius 1 is 1.53 bits per heavy atom. The van der Waals surface area contributed by atoms with E-state index in [0.717, 1.165) is 25.2 Å². The molecule has 0 unspecified atom stereocenters. The first-order valence-electron chi connectivity index (χ1n) is 5.19. The van der Waals surface area contributed by atoms with Crippen LogP contribution in [0.5, 0.6) is 0 Å². The van der Waals surface area contributed by atoms with E-state index in [2.05, 4.69) is 31.0 Å². The Kier molecular flexibility index (Phi) is 2.57. The van der Waals surface area contributed by atoms with E-state index in [9.17, 15) is 4.79 Å². The van der Waals surface area contributed by atoms with Crippen LogP contribution in [0.25, 0.3) is 0 Å². The first-order valence-corrected chi connectivity index (χ1v) is 6.01. The number of thiazole rings is 1. The number of amides is 1. The summed E-state index contributed by atoms with van der Waals surface area (Å²) >= 11 is 1.50. The summed E-state index contributed by atoms with van der Waals surface area (Å²) in [5.74, 6) is -0.294. The van der Waals surface area contributed by atoms with Gasteiger partial charge in [0.05, 0.1) is 11.9 Å². The van der Waals surface area contributed by atoms with E-state index in [1.165, 1.54) is 22.4 Å². The number of aromatic nitrogens is 4. The lowest BCUT2D eigenvalue weighted by Crippen LogP contribution is -2.22. The second-order valence-electron chi connectivity index (χ2n) is 3.63. The van der Waals surface area contributed by atoms with Crippen molar-refractivity contribution in [3.63, 3.8) is 0 Å². The van der Waals surface area contributed by atoms with Crippen LogP contribution in [0.3, 0.4) is 0 Å². The van der Waals surface area contributed by atoms with Crippen LogP contribution in [0.4, 0.5) is 5.13 Å². The summed E-state index contributed by atoms with van der Waals surface area (Å²) in [5.41, 5.74) is 1.33. The summed E-state index contributed by atoms with van der Waals surface area (Å²) in [5, 5.41) is 16.3. The fraction of sp³-hybridized carbons (Fsp3) is 0.333. The fourth-order valence-corrected chi connectivity index (χ4v) is 2.62. The highest BCUT2D eigenvalue weighted by molar-refractivity contribution is 7.15. The van der Waals surface area contributed by atoms with E-state index < -0.39 is 0 Å². The molecule has 3 heterocycles. The number of carbonyl (C=O) groups excluding carboxylic acids is 1. The van der Waals surface area contributed by atoms with Crippen molar-refractivity contribution >= 4 is 22.4 Å². The van der Waals surface area contributed by atoms with Crippen molar-refractivity contribution in [2.45, 2.75) is 13.0 Å². The lowest BCUT2D eigenvalue weighted by molar-refractivity contribution is 0.102. The number of hydrogen-bond donors (Lipinski definition) is 3. The molecule has 0 bridgehead atoms. The molecule has 1 aliphatic heterocycles. The third-order valence-electron chi connectivity index (χ3n) is 2.47. The second-order valence-corrected chi connectivity index (χ2v) is 4.71. The maximum Gasteiger partial charge on any atom is 0.279 e. The van der Waals surface area contributed by atoms with Crippen LogP contribution in [0.2, 0.25) is 0 Å². The van der Waals surface area contributed by atoms with E-state index in [1.54, 1.807) is 0 Å². The topological polar surface area (TPSA) is 95.6 Å². The SMILES string of the molecule is O=C(Nc1nc2c(s1)CNCC2)c1cn[nH]n1. The monoisotopic (exact) mass is 250 g/mol. The predicted molar refractivity (Wildman–Crippen MR) is 61.9 cm³/mol. The molecule has 1 aliphatic rings. The van der Waals surface area contributed by atoms with E-state index in [0.29, 0.717) is 5.13 Å². The van der Waals surface area contributed by atoms with Crippen molar-refractivity contribution in [1.29, 1.82) is 0 Å². The number of H-pyrrole nitrogens is 1. The molecule has 2 aromatic rings. The lowest BCUT2D eigenvalue weighted by Gasteiger charge is -2.09. The summed E-state index contributed by atoms with van der Waals surface area (Å²) in [6.07, 6.45) is 2.29. The Hall–Kier alpha value is -1.80. The van der Waals surface area contributed by atoms with E-state index in [4.69, 9.17) is 0 Å². The molecule has 2 aromatic heterocycles. The van der Waals surface area contributed by atoms with Gasteiger partial charge in [-0.1, -0.05) is 0 Å². The number of hydrogen-bond acceptors (Lipinski definition) is 6. The molecule has 0 aromatic carbocycles. The van der Waals surface area contributed by atoms with Crippen LogP contribution in [0, 0.1) is 0 Å². The molecule has 3 rings (SSSR count). The quantitative estimate of drug-likeness (QED) is 0.705. The largest absolute Gasteiger partial charge is 0.311 e. The maximum atomic E-state index is 11.7. The van der Waals surface area contributed by atoms with Gasteiger partial charge < -0.3 is 5.32 Å². The second kappa shape index (κ2) is 4.22. The van der Waals surface area contributed by atoms with Gasteiger partial charge in [-0.05, 0) is 0 Å². The van der Waals surface area contributed by atoms with Crippen molar-refractivity contribution in [3.05, 3.63) is 22.5 Å². The van der Waals surface area contributed by atoms with Crippen LogP contribution < -0.4 is 10.6 Å². The molecule has 0 fully saturated rings. The number of carbonyl (C=O) groups is 1. The zero-order valence-corrected chi connectivity index (χ0v) is 9.67. The summed E-state index contributed by atoms with van der Waals surface area (Å²) in [6.45, 7) is 1.76. The van der Waals surface area contributed by atoms with Crippen molar-refractivity contribution in [1.82, 2.24) is 25.7 Å². The molecule has 0 radical (unpaired) electrons. The Morgan fingerprint density at radius 2 is 2.47 bits per heavy atom. The van der Waals surface area contributed by atoms with Gasteiger partial charge in [-0.25, -0.2) is 4.98 Å². The number of rotatable bonds is 2. The molecule has 1 amide bonds. The highest BCUT2D eigenvalue weighted by Crippen LogP contribution is 2.25. The number of nitrogens with one attached hydrogen (secondary N) is 3. The lowest BCUT2D eigenvalue weighted by atomic mass is 10.2. The predicted octanol–water partition coefficient (Wildman–Crippen LogP) is 0.159. The molecule has 0 atom stereocenters. The normalized spacial score (nSPS) is 14.4. The molecular weight excluding hydrogens is 240 g/mol. The van der Waals surface area contributed by atoms with Gasteiger partial charge in [-0.3, -0.25) is 10.1 Å².